The Morgan fingerprint density at radius 3 is 2.06 bits per heavy atom. The minimum atomic E-state index is -3.71. The molecule has 0 radical (unpaired) electrons. The van der Waals surface area contributed by atoms with E-state index in [4.69, 9.17) is 4.74 Å². The highest BCUT2D eigenvalue weighted by Gasteiger charge is 2.28. The standard InChI is InChI=1S/C30H29NO4S/c1-35-29(32)20-15-23-9-8-10-24(21-23)22-31-30(36(33,34)28-13-6-3-7-14-28)27-18-16-26(17-19-27)25-11-4-2-5-12-25/h2-14,16-19,21,30-31H,15,20,22H2,1H3. The van der Waals surface area contributed by atoms with Crippen molar-refractivity contribution in [2.24, 2.45) is 0 Å². The van der Waals surface area contributed by atoms with E-state index in [1.54, 1.807) is 30.3 Å². The molecule has 4 aromatic carbocycles. The lowest BCUT2D eigenvalue weighted by Gasteiger charge is -2.21. The number of carbonyl (C=O) groups is 1. The van der Waals surface area contributed by atoms with Gasteiger partial charge in [0.05, 0.1) is 12.0 Å². The van der Waals surface area contributed by atoms with Gasteiger partial charge in [0.1, 0.15) is 5.37 Å². The fourth-order valence-corrected chi connectivity index (χ4v) is 5.71. The molecule has 4 rings (SSSR count). The molecule has 184 valence electrons. The Labute approximate surface area is 212 Å². The first-order chi connectivity index (χ1) is 17.5. The van der Waals surface area contributed by atoms with Gasteiger partial charge in [0.2, 0.25) is 0 Å². The zero-order chi connectivity index (χ0) is 25.4. The molecule has 1 atom stereocenters. The number of sulfone groups is 1. The first kappa shape index (κ1) is 25.4. The second kappa shape index (κ2) is 11.8. The number of hydrogen-bond donors (Lipinski definition) is 1. The summed E-state index contributed by atoms with van der Waals surface area (Å²) in [5.41, 5.74) is 4.69. The molecule has 0 amide bonds. The second-order valence-corrected chi connectivity index (χ2v) is 10.5. The molecular formula is C30H29NO4S. The summed E-state index contributed by atoms with van der Waals surface area (Å²) in [5, 5.41) is 2.35. The fraction of sp³-hybridized carbons (Fsp3) is 0.167. The van der Waals surface area contributed by atoms with E-state index in [-0.39, 0.29) is 10.9 Å². The van der Waals surface area contributed by atoms with Gasteiger partial charge >= 0.3 is 5.97 Å². The molecule has 0 aliphatic carbocycles. The first-order valence-corrected chi connectivity index (χ1v) is 13.3. The normalized spacial score (nSPS) is 12.1. The fourth-order valence-electron chi connectivity index (χ4n) is 4.09. The van der Waals surface area contributed by atoms with Gasteiger partial charge in [0, 0.05) is 13.0 Å². The highest BCUT2D eigenvalue weighted by atomic mass is 32.2. The highest BCUT2D eigenvalue weighted by Crippen LogP contribution is 2.29. The van der Waals surface area contributed by atoms with Crippen molar-refractivity contribution in [3.63, 3.8) is 0 Å². The molecule has 36 heavy (non-hydrogen) atoms. The highest BCUT2D eigenvalue weighted by molar-refractivity contribution is 7.91. The van der Waals surface area contributed by atoms with Gasteiger partial charge in [-0.15, -0.1) is 0 Å². The monoisotopic (exact) mass is 499 g/mol. The van der Waals surface area contributed by atoms with Crippen molar-refractivity contribution >= 4 is 15.8 Å². The lowest BCUT2D eigenvalue weighted by atomic mass is 10.0. The van der Waals surface area contributed by atoms with Crippen LogP contribution in [0.2, 0.25) is 0 Å². The molecule has 5 nitrogen and oxygen atoms in total. The maximum absolute atomic E-state index is 13.7. The van der Waals surface area contributed by atoms with Gasteiger partial charge in [-0.2, -0.15) is 0 Å². The number of rotatable bonds is 10. The molecule has 6 heteroatoms. The van der Waals surface area contributed by atoms with Crippen LogP contribution in [0.1, 0.15) is 28.5 Å². The van der Waals surface area contributed by atoms with E-state index in [9.17, 15) is 13.2 Å². The summed E-state index contributed by atoms with van der Waals surface area (Å²) < 4.78 is 32.1. The Morgan fingerprint density at radius 2 is 1.39 bits per heavy atom. The van der Waals surface area contributed by atoms with Crippen LogP contribution >= 0.6 is 0 Å². The summed E-state index contributed by atoms with van der Waals surface area (Å²) in [4.78, 5) is 11.8. The van der Waals surface area contributed by atoms with Crippen LogP contribution in [0, 0.1) is 0 Å². The van der Waals surface area contributed by atoms with E-state index >= 15 is 0 Å². The molecular weight excluding hydrogens is 470 g/mol. The molecule has 0 aromatic heterocycles. The SMILES string of the molecule is COC(=O)CCc1cccc(CNC(c2ccc(-c3ccccc3)cc2)S(=O)(=O)c2ccccc2)c1. The molecule has 0 saturated carbocycles. The zero-order valence-electron chi connectivity index (χ0n) is 20.1. The van der Waals surface area contributed by atoms with Crippen LogP contribution in [0.4, 0.5) is 0 Å². The number of ether oxygens (including phenoxy) is 1. The minimum absolute atomic E-state index is 0.258. The van der Waals surface area contributed by atoms with E-state index in [0.717, 1.165) is 22.3 Å². The molecule has 0 saturated heterocycles. The molecule has 0 heterocycles. The van der Waals surface area contributed by atoms with Crippen LogP contribution in [0.25, 0.3) is 11.1 Å². The first-order valence-electron chi connectivity index (χ1n) is 11.8. The predicted molar refractivity (Wildman–Crippen MR) is 142 cm³/mol. The molecule has 0 aliphatic heterocycles. The third-order valence-corrected chi connectivity index (χ3v) is 8.02. The van der Waals surface area contributed by atoms with E-state index in [0.29, 0.717) is 24.9 Å². The van der Waals surface area contributed by atoms with Crippen LogP contribution in [-0.4, -0.2) is 21.5 Å². The van der Waals surface area contributed by atoms with Gasteiger partial charge in [-0.3, -0.25) is 10.1 Å². The van der Waals surface area contributed by atoms with Gasteiger partial charge < -0.3 is 4.74 Å². The number of hydrogen-bond acceptors (Lipinski definition) is 5. The molecule has 1 unspecified atom stereocenters. The molecule has 0 spiro atoms. The zero-order valence-corrected chi connectivity index (χ0v) is 20.9. The minimum Gasteiger partial charge on any atom is -0.469 e. The van der Waals surface area contributed by atoms with Crippen LogP contribution in [0.3, 0.4) is 0 Å². The van der Waals surface area contributed by atoms with Crippen molar-refractivity contribution in [2.75, 3.05) is 7.11 Å². The van der Waals surface area contributed by atoms with E-state index in [2.05, 4.69) is 5.32 Å². The smallest absolute Gasteiger partial charge is 0.305 e. The van der Waals surface area contributed by atoms with Crippen LogP contribution in [0.5, 0.6) is 0 Å². The van der Waals surface area contributed by atoms with E-state index < -0.39 is 15.2 Å². The topological polar surface area (TPSA) is 72.5 Å². The van der Waals surface area contributed by atoms with Crippen molar-refractivity contribution in [1.29, 1.82) is 0 Å². The van der Waals surface area contributed by atoms with Crippen molar-refractivity contribution in [2.45, 2.75) is 29.7 Å². The van der Waals surface area contributed by atoms with Crippen LogP contribution in [0.15, 0.2) is 114 Å². The van der Waals surface area contributed by atoms with Gasteiger partial charge in [-0.05, 0) is 46.4 Å². The Hall–Kier alpha value is -3.74. The summed E-state index contributed by atoms with van der Waals surface area (Å²) in [6.45, 7) is 0.350. The Kier molecular flexibility index (Phi) is 8.31. The van der Waals surface area contributed by atoms with Gasteiger partial charge in [-0.1, -0.05) is 97.1 Å². The van der Waals surface area contributed by atoms with E-state index in [1.807, 2.05) is 78.9 Å². The maximum Gasteiger partial charge on any atom is 0.305 e. The van der Waals surface area contributed by atoms with Crippen LogP contribution < -0.4 is 5.32 Å². The second-order valence-electron chi connectivity index (χ2n) is 8.50. The number of carbonyl (C=O) groups excluding carboxylic acids is 1. The number of benzene rings is 4. The summed E-state index contributed by atoms with van der Waals surface area (Å²) in [6.07, 6.45) is 0.860. The molecule has 0 bridgehead atoms. The van der Waals surface area contributed by atoms with Crippen molar-refractivity contribution in [1.82, 2.24) is 5.32 Å². The van der Waals surface area contributed by atoms with Gasteiger partial charge in [0.15, 0.2) is 9.84 Å². The summed E-state index contributed by atoms with van der Waals surface area (Å²) >= 11 is 0. The largest absolute Gasteiger partial charge is 0.469 e. The van der Waals surface area contributed by atoms with Crippen molar-refractivity contribution in [3.05, 3.63) is 126 Å². The third-order valence-electron chi connectivity index (χ3n) is 6.03. The quantitative estimate of drug-likeness (QED) is 0.283. The lowest BCUT2D eigenvalue weighted by molar-refractivity contribution is -0.140. The Balaban J connectivity index is 1.60. The van der Waals surface area contributed by atoms with E-state index in [1.165, 1.54) is 7.11 Å². The van der Waals surface area contributed by atoms with Gasteiger partial charge in [0.25, 0.3) is 0 Å². The summed E-state index contributed by atoms with van der Waals surface area (Å²) in [7, 11) is -2.33. The molecule has 0 aliphatic rings. The lowest BCUT2D eigenvalue weighted by Crippen LogP contribution is -2.28. The average Bonchev–Trinajstić information content (AvgIpc) is 2.93. The third kappa shape index (κ3) is 6.27. The number of aryl methyl sites for hydroxylation is 1. The average molecular weight is 500 g/mol. The molecule has 1 N–H and O–H groups in total. The van der Waals surface area contributed by atoms with Crippen LogP contribution in [-0.2, 0) is 32.3 Å². The number of methoxy groups -OCH3 is 1. The predicted octanol–water partition coefficient (Wildman–Crippen LogP) is 5.72. The maximum atomic E-state index is 13.7. The van der Waals surface area contributed by atoms with Crippen molar-refractivity contribution in [3.8, 4) is 11.1 Å². The Morgan fingerprint density at radius 1 is 0.778 bits per heavy atom. The molecule has 4 aromatic rings. The molecule has 0 fully saturated rings. The summed E-state index contributed by atoms with van der Waals surface area (Å²) in [5.74, 6) is -0.258. The summed E-state index contributed by atoms with van der Waals surface area (Å²) in [6, 6.07) is 33.9. The Bertz CT molecular complexity index is 1390. The van der Waals surface area contributed by atoms with Crippen molar-refractivity contribution < 1.29 is 17.9 Å². The number of nitrogens with one attached hydrogen (secondary N) is 1. The number of esters is 1. The van der Waals surface area contributed by atoms with Gasteiger partial charge in [-0.25, -0.2) is 8.42 Å².